The Morgan fingerprint density at radius 1 is 0.885 bits per heavy atom. The van der Waals surface area contributed by atoms with Crippen LogP contribution in [0.3, 0.4) is 0 Å². The van der Waals surface area contributed by atoms with Crippen LogP contribution in [0.2, 0.25) is 0 Å². The third-order valence-electron chi connectivity index (χ3n) is 4.60. The second-order valence-corrected chi connectivity index (χ2v) is 6.56. The van der Waals surface area contributed by atoms with E-state index in [1.54, 1.807) is 12.4 Å². The highest BCUT2D eigenvalue weighted by Gasteiger charge is 2.11. The highest BCUT2D eigenvalue weighted by molar-refractivity contribution is 6.05. The van der Waals surface area contributed by atoms with Gasteiger partial charge in [0, 0.05) is 17.6 Å². The number of aromatic nitrogens is 1. The van der Waals surface area contributed by atoms with Crippen molar-refractivity contribution >= 4 is 23.0 Å². The van der Waals surface area contributed by atoms with Crippen LogP contribution in [0, 0.1) is 27.7 Å². The highest BCUT2D eigenvalue weighted by atomic mass is 16.1. The first kappa shape index (κ1) is 17.7. The van der Waals surface area contributed by atoms with Crippen LogP contribution in [0.4, 0.5) is 17.1 Å². The molecule has 0 atom stereocenters. The number of benzene rings is 2. The summed E-state index contributed by atoms with van der Waals surface area (Å²) in [6.45, 7) is 8.14. The molecule has 0 aliphatic heterocycles. The molecule has 0 aliphatic rings. The number of carbonyl (C=O) groups is 1. The summed E-state index contributed by atoms with van der Waals surface area (Å²) in [6, 6.07) is 13.8. The lowest BCUT2D eigenvalue weighted by atomic mass is 10.1. The van der Waals surface area contributed by atoms with Gasteiger partial charge in [-0.1, -0.05) is 30.3 Å². The molecule has 4 heteroatoms. The van der Waals surface area contributed by atoms with Gasteiger partial charge in [0.25, 0.3) is 5.91 Å². The van der Waals surface area contributed by atoms with Gasteiger partial charge in [0.1, 0.15) is 0 Å². The van der Waals surface area contributed by atoms with E-state index < -0.39 is 0 Å². The molecular weight excluding hydrogens is 322 g/mol. The van der Waals surface area contributed by atoms with Crippen LogP contribution in [0.25, 0.3) is 0 Å². The first-order valence-electron chi connectivity index (χ1n) is 8.61. The molecule has 0 bridgehead atoms. The number of nitrogens with zero attached hydrogens (tertiary/aromatic N) is 1. The number of rotatable bonds is 4. The molecule has 0 saturated carbocycles. The molecule has 3 rings (SSSR count). The van der Waals surface area contributed by atoms with Crippen LogP contribution >= 0.6 is 0 Å². The SMILES string of the molecule is Cc1cccc(NC(=O)c2cncc(Nc3c(C)cccc3C)c2)c1C. The molecule has 0 radical (unpaired) electrons. The molecule has 2 N–H and O–H groups in total. The quantitative estimate of drug-likeness (QED) is 0.673. The topological polar surface area (TPSA) is 54.0 Å². The zero-order chi connectivity index (χ0) is 18.7. The maximum atomic E-state index is 12.6. The Hall–Kier alpha value is -3.14. The van der Waals surface area contributed by atoms with Crippen LogP contribution in [-0.4, -0.2) is 10.9 Å². The van der Waals surface area contributed by atoms with Gasteiger partial charge in [-0.25, -0.2) is 0 Å². The summed E-state index contributed by atoms with van der Waals surface area (Å²) in [5.41, 5.74) is 7.68. The predicted octanol–water partition coefficient (Wildman–Crippen LogP) is 5.31. The second-order valence-electron chi connectivity index (χ2n) is 6.56. The number of hydrogen-bond donors (Lipinski definition) is 2. The van der Waals surface area contributed by atoms with Gasteiger partial charge >= 0.3 is 0 Å². The van der Waals surface area contributed by atoms with E-state index in [4.69, 9.17) is 0 Å². The summed E-state index contributed by atoms with van der Waals surface area (Å²) < 4.78 is 0. The summed E-state index contributed by atoms with van der Waals surface area (Å²) in [6.07, 6.45) is 3.30. The lowest BCUT2D eigenvalue weighted by molar-refractivity contribution is 0.102. The number of nitrogens with one attached hydrogen (secondary N) is 2. The Labute approximate surface area is 154 Å². The number of aryl methyl sites for hydroxylation is 3. The van der Waals surface area contributed by atoms with Crippen molar-refractivity contribution in [2.75, 3.05) is 10.6 Å². The standard InChI is InChI=1S/C22H23N3O/c1-14-7-6-10-20(17(14)4)25-22(26)18-11-19(13-23-12-18)24-21-15(2)8-5-9-16(21)3/h5-13,24H,1-4H3,(H,25,26). The zero-order valence-electron chi connectivity index (χ0n) is 15.6. The Morgan fingerprint density at radius 3 is 2.27 bits per heavy atom. The van der Waals surface area contributed by atoms with Gasteiger partial charge in [0.15, 0.2) is 0 Å². The van der Waals surface area contributed by atoms with Crippen LogP contribution in [-0.2, 0) is 0 Å². The number of hydrogen-bond acceptors (Lipinski definition) is 3. The van der Waals surface area contributed by atoms with Crippen molar-refractivity contribution in [3.05, 3.63) is 82.7 Å². The number of carbonyl (C=O) groups excluding carboxylic acids is 1. The molecule has 3 aromatic rings. The monoisotopic (exact) mass is 345 g/mol. The van der Waals surface area contributed by atoms with E-state index >= 15 is 0 Å². The number of amides is 1. The van der Waals surface area contributed by atoms with Crippen molar-refractivity contribution in [1.82, 2.24) is 4.98 Å². The summed E-state index contributed by atoms with van der Waals surface area (Å²) in [5, 5.41) is 6.35. The summed E-state index contributed by atoms with van der Waals surface area (Å²) in [7, 11) is 0. The maximum Gasteiger partial charge on any atom is 0.257 e. The van der Waals surface area contributed by atoms with Crippen LogP contribution < -0.4 is 10.6 Å². The molecule has 0 spiro atoms. The van der Waals surface area contributed by atoms with Crippen molar-refractivity contribution in [2.24, 2.45) is 0 Å². The third-order valence-corrected chi connectivity index (χ3v) is 4.60. The smallest absolute Gasteiger partial charge is 0.257 e. The van der Waals surface area contributed by atoms with E-state index in [1.807, 2.05) is 44.2 Å². The number of para-hydroxylation sites is 1. The predicted molar refractivity (Wildman–Crippen MR) is 107 cm³/mol. The first-order valence-corrected chi connectivity index (χ1v) is 8.61. The van der Waals surface area contributed by atoms with Gasteiger partial charge in [-0.2, -0.15) is 0 Å². The Bertz CT molecular complexity index is 943. The van der Waals surface area contributed by atoms with Gasteiger partial charge in [0.2, 0.25) is 0 Å². The largest absolute Gasteiger partial charge is 0.354 e. The fourth-order valence-electron chi connectivity index (χ4n) is 2.87. The summed E-state index contributed by atoms with van der Waals surface area (Å²) >= 11 is 0. The van der Waals surface area contributed by atoms with Crippen LogP contribution in [0.15, 0.2) is 54.9 Å². The highest BCUT2D eigenvalue weighted by Crippen LogP contribution is 2.25. The minimum absolute atomic E-state index is 0.170. The van der Waals surface area contributed by atoms with E-state index in [-0.39, 0.29) is 5.91 Å². The normalized spacial score (nSPS) is 10.5. The molecule has 0 aliphatic carbocycles. The minimum Gasteiger partial charge on any atom is -0.354 e. The molecule has 1 amide bonds. The molecular formula is C22H23N3O. The van der Waals surface area contributed by atoms with Gasteiger partial charge in [-0.3, -0.25) is 9.78 Å². The van der Waals surface area contributed by atoms with Crippen LogP contribution in [0.5, 0.6) is 0 Å². The Morgan fingerprint density at radius 2 is 1.54 bits per heavy atom. The van der Waals surface area contributed by atoms with E-state index in [0.29, 0.717) is 5.56 Å². The van der Waals surface area contributed by atoms with Crippen molar-refractivity contribution < 1.29 is 4.79 Å². The first-order chi connectivity index (χ1) is 12.5. The fourth-order valence-corrected chi connectivity index (χ4v) is 2.87. The van der Waals surface area contributed by atoms with E-state index in [1.165, 1.54) is 0 Å². The number of pyridine rings is 1. The zero-order valence-corrected chi connectivity index (χ0v) is 15.6. The van der Waals surface area contributed by atoms with Gasteiger partial charge in [-0.05, 0) is 62.1 Å². The van der Waals surface area contributed by atoms with Gasteiger partial charge < -0.3 is 10.6 Å². The molecule has 26 heavy (non-hydrogen) atoms. The Kier molecular flexibility index (Phi) is 5.03. The summed E-state index contributed by atoms with van der Waals surface area (Å²) in [4.78, 5) is 16.9. The van der Waals surface area contributed by atoms with E-state index in [2.05, 4.69) is 41.6 Å². The molecule has 2 aromatic carbocycles. The van der Waals surface area contributed by atoms with E-state index in [9.17, 15) is 4.79 Å². The fraction of sp³-hybridized carbons (Fsp3) is 0.182. The van der Waals surface area contributed by atoms with Crippen molar-refractivity contribution in [3.8, 4) is 0 Å². The van der Waals surface area contributed by atoms with Gasteiger partial charge in [0.05, 0.1) is 17.4 Å². The molecule has 0 saturated heterocycles. The minimum atomic E-state index is -0.170. The average Bonchev–Trinajstić information content (AvgIpc) is 2.62. The molecule has 0 fully saturated rings. The molecule has 0 unspecified atom stereocenters. The van der Waals surface area contributed by atoms with E-state index in [0.717, 1.165) is 39.3 Å². The average molecular weight is 345 g/mol. The molecule has 4 nitrogen and oxygen atoms in total. The lowest BCUT2D eigenvalue weighted by Crippen LogP contribution is -2.13. The van der Waals surface area contributed by atoms with Crippen molar-refractivity contribution in [3.63, 3.8) is 0 Å². The molecule has 1 aromatic heterocycles. The lowest BCUT2D eigenvalue weighted by Gasteiger charge is -2.14. The Balaban J connectivity index is 1.83. The maximum absolute atomic E-state index is 12.6. The van der Waals surface area contributed by atoms with Crippen molar-refractivity contribution in [1.29, 1.82) is 0 Å². The third kappa shape index (κ3) is 3.75. The number of anilines is 3. The summed E-state index contributed by atoms with van der Waals surface area (Å²) in [5.74, 6) is -0.170. The van der Waals surface area contributed by atoms with Gasteiger partial charge in [-0.15, -0.1) is 0 Å². The van der Waals surface area contributed by atoms with Crippen LogP contribution in [0.1, 0.15) is 32.6 Å². The molecule has 1 heterocycles. The second kappa shape index (κ2) is 7.40. The molecule has 132 valence electrons. The van der Waals surface area contributed by atoms with Crippen molar-refractivity contribution in [2.45, 2.75) is 27.7 Å².